The standard InChI is InChI=1S/C10H10O3S/c1-6-3-4-7(8(5-6)14-2)9(11)10(12)13/h3-5H,1-2H3,(H,12,13). The Morgan fingerprint density at radius 2 is 2.00 bits per heavy atom. The zero-order chi connectivity index (χ0) is 10.7. The third kappa shape index (κ3) is 2.14. The lowest BCUT2D eigenvalue weighted by Gasteiger charge is -2.04. The van der Waals surface area contributed by atoms with Gasteiger partial charge in [-0.1, -0.05) is 6.07 Å². The van der Waals surface area contributed by atoms with E-state index >= 15 is 0 Å². The molecule has 0 bridgehead atoms. The average molecular weight is 210 g/mol. The number of ketones is 1. The Hall–Kier alpha value is -1.29. The van der Waals surface area contributed by atoms with Crippen LogP contribution in [0.25, 0.3) is 0 Å². The van der Waals surface area contributed by atoms with E-state index in [1.807, 2.05) is 13.2 Å². The Balaban J connectivity index is 3.20. The van der Waals surface area contributed by atoms with Crippen LogP contribution in [0.4, 0.5) is 0 Å². The van der Waals surface area contributed by atoms with Gasteiger partial charge in [0.15, 0.2) is 0 Å². The molecule has 0 amide bonds. The van der Waals surface area contributed by atoms with Gasteiger partial charge in [0.25, 0.3) is 5.78 Å². The van der Waals surface area contributed by atoms with Gasteiger partial charge >= 0.3 is 5.97 Å². The Morgan fingerprint density at radius 3 is 2.50 bits per heavy atom. The van der Waals surface area contributed by atoms with Gasteiger partial charge in [0.05, 0.1) is 0 Å². The monoisotopic (exact) mass is 210 g/mol. The molecule has 0 spiro atoms. The Labute approximate surface area is 86.1 Å². The van der Waals surface area contributed by atoms with E-state index in [0.29, 0.717) is 4.90 Å². The first-order valence-corrected chi connectivity index (χ1v) is 5.21. The highest BCUT2D eigenvalue weighted by Gasteiger charge is 2.17. The number of thioether (sulfide) groups is 1. The van der Waals surface area contributed by atoms with E-state index in [1.165, 1.54) is 11.8 Å². The van der Waals surface area contributed by atoms with Gasteiger partial charge in [0.1, 0.15) is 0 Å². The lowest BCUT2D eigenvalue weighted by atomic mass is 10.1. The fourth-order valence-corrected chi connectivity index (χ4v) is 1.79. The molecule has 0 heterocycles. The van der Waals surface area contributed by atoms with Crippen LogP contribution in [0.15, 0.2) is 23.1 Å². The number of aliphatic carboxylic acids is 1. The molecule has 14 heavy (non-hydrogen) atoms. The van der Waals surface area contributed by atoms with Crippen LogP contribution in [0, 0.1) is 6.92 Å². The largest absolute Gasteiger partial charge is 0.475 e. The number of carbonyl (C=O) groups is 2. The van der Waals surface area contributed by atoms with Crippen LogP contribution in [-0.2, 0) is 4.79 Å². The van der Waals surface area contributed by atoms with Crippen molar-refractivity contribution in [1.82, 2.24) is 0 Å². The fraction of sp³-hybridized carbons (Fsp3) is 0.200. The molecule has 1 aromatic carbocycles. The molecule has 74 valence electrons. The number of Topliss-reactive ketones (excluding diaryl/α,β-unsaturated/α-hetero) is 1. The summed E-state index contributed by atoms with van der Waals surface area (Å²) in [6.07, 6.45) is 1.81. The number of benzene rings is 1. The molecular formula is C10H10O3S. The molecule has 0 saturated carbocycles. The van der Waals surface area contributed by atoms with Crippen LogP contribution in [0.5, 0.6) is 0 Å². The molecule has 0 radical (unpaired) electrons. The topological polar surface area (TPSA) is 54.4 Å². The minimum Gasteiger partial charge on any atom is -0.475 e. The average Bonchev–Trinajstić information content (AvgIpc) is 2.16. The SMILES string of the molecule is CSc1cc(C)ccc1C(=O)C(=O)O. The maximum Gasteiger partial charge on any atom is 0.377 e. The van der Waals surface area contributed by atoms with Crippen LogP contribution >= 0.6 is 11.8 Å². The first kappa shape index (κ1) is 10.8. The van der Waals surface area contributed by atoms with Crippen molar-refractivity contribution in [1.29, 1.82) is 0 Å². The van der Waals surface area contributed by atoms with E-state index in [-0.39, 0.29) is 5.56 Å². The van der Waals surface area contributed by atoms with Gasteiger partial charge < -0.3 is 5.11 Å². The molecule has 0 aromatic heterocycles. The van der Waals surface area contributed by atoms with E-state index in [0.717, 1.165) is 5.56 Å². The second kappa shape index (κ2) is 4.28. The third-order valence-corrected chi connectivity index (χ3v) is 2.57. The normalized spacial score (nSPS) is 9.86. The number of rotatable bonds is 3. The van der Waals surface area contributed by atoms with Crippen LogP contribution in [0.2, 0.25) is 0 Å². The fourth-order valence-electron chi connectivity index (χ4n) is 1.10. The molecule has 0 unspecified atom stereocenters. The second-order valence-corrected chi connectivity index (χ2v) is 3.69. The summed E-state index contributed by atoms with van der Waals surface area (Å²) in [7, 11) is 0. The Kier molecular flexibility index (Phi) is 3.30. The Morgan fingerprint density at radius 1 is 1.36 bits per heavy atom. The lowest BCUT2D eigenvalue weighted by molar-refractivity contribution is -0.131. The van der Waals surface area contributed by atoms with Crippen molar-refractivity contribution in [3.63, 3.8) is 0 Å². The zero-order valence-electron chi connectivity index (χ0n) is 7.90. The van der Waals surface area contributed by atoms with Gasteiger partial charge in [-0.05, 0) is 30.9 Å². The van der Waals surface area contributed by atoms with Crippen LogP contribution in [-0.4, -0.2) is 23.1 Å². The minimum absolute atomic E-state index is 0.260. The zero-order valence-corrected chi connectivity index (χ0v) is 8.72. The van der Waals surface area contributed by atoms with Crippen LogP contribution in [0.1, 0.15) is 15.9 Å². The summed E-state index contributed by atoms with van der Waals surface area (Å²) < 4.78 is 0. The van der Waals surface area contributed by atoms with Crippen molar-refractivity contribution in [2.24, 2.45) is 0 Å². The van der Waals surface area contributed by atoms with E-state index in [1.54, 1.807) is 18.2 Å². The highest BCUT2D eigenvalue weighted by Crippen LogP contribution is 2.22. The maximum absolute atomic E-state index is 11.2. The number of hydrogen-bond donors (Lipinski definition) is 1. The quantitative estimate of drug-likeness (QED) is 0.471. The van der Waals surface area contributed by atoms with Gasteiger partial charge in [0.2, 0.25) is 0 Å². The summed E-state index contributed by atoms with van der Waals surface area (Å²) in [5.74, 6) is -2.27. The van der Waals surface area contributed by atoms with Crippen molar-refractivity contribution < 1.29 is 14.7 Å². The molecular weight excluding hydrogens is 200 g/mol. The molecule has 4 heteroatoms. The summed E-state index contributed by atoms with van der Waals surface area (Å²) in [5.41, 5.74) is 1.27. The van der Waals surface area contributed by atoms with Crippen molar-refractivity contribution in [3.05, 3.63) is 29.3 Å². The molecule has 1 N–H and O–H groups in total. The molecule has 0 fully saturated rings. The molecule has 0 aliphatic carbocycles. The molecule has 3 nitrogen and oxygen atoms in total. The number of carboxylic acid groups (broad SMARTS) is 1. The summed E-state index contributed by atoms with van der Waals surface area (Å²) >= 11 is 1.37. The highest BCUT2D eigenvalue weighted by atomic mass is 32.2. The van der Waals surface area contributed by atoms with Crippen molar-refractivity contribution >= 4 is 23.5 Å². The van der Waals surface area contributed by atoms with Gasteiger partial charge in [-0.25, -0.2) is 4.79 Å². The highest BCUT2D eigenvalue weighted by molar-refractivity contribution is 7.98. The maximum atomic E-state index is 11.2. The smallest absolute Gasteiger partial charge is 0.377 e. The number of aryl methyl sites for hydroxylation is 1. The first-order valence-electron chi connectivity index (χ1n) is 3.98. The summed E-state index contributed by atoms with van der Waals surface area (Å²) in [6, 6.07) is 5.09. The van der Waals surface area contributed by atoms with Crippen molar-refractivity contribution in [2.45, 2.75) is 11.8 Å². The lowest BCUT2D eigenvalue weighted by Crippen LogP contribution is -2.13. The van der Waals surface area contributed by atoms with E-state index in [2.05, 4.69) is 0 Å². The van der Waals surface area contributed by atoms with Crippen LogP contribution in [0.3, 0.4) is 0 Å². The van der Waals surface area contributed by atoms with Gasteiger partial charge in [-0.15, -0.1) is 11.8 Å². The molecule has 0 aliphatic heterocycles. The van der Waals surface area contributed by atoms with E-state index < -0.39 is 11.8 Å². The number of hydrogen-bond acceptors (Lipinski definition) is 3. The molecule has 1 rings (SSSR count). The van der Waals surface area contributed by atoms with Crippen molar-refractivity contribution in [2.75, 3.05) is 6.26 Å². The first-order chi connectivity index (χ1) is 6.56. The molecule has 1 aromatic rings. The second-order valence-electron chi connectivity index (χ2n) is 2.84. The molecule has 0 aliphatic rings. The van der Waals surface area contributed by atoms with E-state index in [9.17, 15) is 9.59 Å². The van der Waals surface area contributed by atoms with Gasteiger partial charge in [-0.3, -0.25) is 4.79 Å². The predicted molar refractivity (Wildman–Crippen MR) is 54.9 cm³/mol. The predicted octanol–water partition coefficient (Wildman–Crippen LogP) is 1.98. The number of carbonyl (C=O) groups excluding carboxylic acids is 1. The third-order valence-electron chi connectivity index (χ3n) is 1.80. The number of carboxylic acids is 1. The summed E-state index contributed by atoms with van der Waals surface area (Å²) in [6.45, 7) is 1.90. The van der Waals surface area contributed by atoms with Gasteiger partial charge in [-0.2, -0.15) is 0 Å². The molecule has 0 saturated heterocycles. The van der Waals surface area contributed by atoms with Gasteiger partial charge in [0, 0.05) is 10.5 Å². The summed E-state index contributed by atoms with van der Waals surface area (Å²) in [5, 5.41) is 8.57. The molecule has 0 atom stereocenters. The Bertz CT molecular complexity index is 385. The van der Waals surface area contributed by atoms with Crippen molar-refractivity contribution in [3.8, 4) is 0 Å². The summed E-state index contributed by atoms with van der Waals surface area (Å²) in [4.78, 5) is 22.4. The van der Waals surface area contributed by atoms with E-state index in [4.69, 9.17) is 5.11 Å². The minimum atomic E-state index is -1.41. The van der Waals surface area contributed by atoms with Crippen LogP contribution < -0.4 is 0 Å².